The molecule has 1 aliphatic heterocycles. The summed E-state index contributed by atoms with van der Waals surface area (Å²) >= 11 is -3.42. The van der Waals surface area contributed by atoms with Crippen LogP contribution >= 0.6 is 0 Å². The van der Waals surface area contributed by atoms with Crippen molar-refractivity contribution in [1.82, 2.24) is 0 Å². The second kappa shape index (κ2) is 13.0. The Kier molecular flexibility index (Phi) is 8.74. The van der Waals surface area contributed by atoms with Crippen LogP contribution in [0.2, 0.25) is 0 Å². The molecule has 4 aromatic carbocycles. The van der Waals surface area contributed by atoms with Crippen LogP contribution in [0, 0.1) is 0 Å². The van der Waals surface area contributed by atoms with Crippen LogP contribution in [0.15, 0.2) is 48.5 Å². The van der Waals surface area contributed by atoms with Crippen molar-refractivity contribution in [2.75, 3.05) is 0 Å². The van der Waals surface area contributed by atoms with Gasteiger partial charge in [0.25, 0.3) is 0 Å². The molecule has 0 bridgehead atoms. The zero-order chi connectivity index (χ0) is 29.9. The molecule has 0 fully saturated rings. The maximum atomic E-state index is 13.8. The van der Waals surface area contributed by atoms with Gasteiger partial charge in [0.2, 0.25) is 0 Å². The molecule has 4 nitrogen and oxygen atoms in total. The minimum atomic E-state index is -3.42. The Morgan fingerprint density at radius 1 is 0.457 bits per heavy atom. The van der Waals surface area contributed by atoms with Crippen molar-refractivity contribution in [2.45, 2.75) is 103 Å². The Hall–Kier alpha value is -2.28. The zero-order valence-electron chi connectivity index (χ0n) is 27.1. The van der Waals surface area contributed by atoms with Gasteiger partial charge in [-0.15, -0.1) is 0 Å². The molecule has 0 N–H and O–H groups in total. The summed E-state index contributed by atoms with van der Waals surface area (Å²) in [5.74, 6) is 2.75. The Morgan fingerprint density at radius 3 is 1.35 bits per heavy atom. The average molecular weight is 677 g/mol. The molecule has 5 aliphatic rings. The van der Waals surface area contributed by atoms with Gasteiger partial charge < -0.3 is 0 Å². The van der Waals surface area contributed by atoms with Crippen molar-refractivity contribution >= 4 is 17.3 Å². The SMILES string of the molecule is [Na+].[O-]c1ccc2c(c1-c1c([O][Ga]3[O]c4ccc5c(c4-c4c(ccc6c4CCCC6)[O]3)CCCC5)ccc3c1CCCC3)CCCC2. The van der Waals surface area contributed by atoms with Crippen molar-refractivity contribution < 1.29 is 45.3 Å². The topological polar surface area (TPSA) is 50.8 Å². The third-order valence-electron chi connectivity index (χ3n) is 11.1. The van der Waals surface area contributed by atoms with Gasteiger partial charge in [-0.05, 0) is 0 Å². The van der Waals surface area contributed by atoms with Crippen LogP contribution in [-0.4, -0.2) is 17.3 Å². The molecule has 0 saturated carbocycles. The minimum absolute atomic E-state index is 0. The average Bonchev–Trinajstić information content (AvgIpc) is 3.25. The summed E-state index contributed by atoms with van der Waals surface area (Å²) in [4.78, 5) is 0. The molecule has 0 unspecified atom stereocenters. The Balaban J connectivity index is 0.00000312. The molecular weight excluding hydrogens is 637 g/mol. The van der Waals surface area contributed by atoms with Crippen molar-refractivity contribution in [2.24, 2.45) is 0 Å². The molecule has 46 heavy (non-hydrogen) atoms. The van der Waals surface area contributed by atoms with Crippen molar-refractivity contribution in [3.05, 3.63) is 93.0 Å². The van der Waals surface area contributed by atoms with Gasteiger partial charge in [0.1, 0.15) is 0 Å². The summed E-state index contributed by atoms with van der Waals surface area (Å²) in [6, 6.07) is 17.2. The van der Waals surface area contributed by atoms with E-state index in [0.29, 0.717) is 0 Å². The molecule has 9 rings (SSSR count). The summed E-state index contributed by atoms with van der Waals surface area (Å²) in [7, 11) is 0. The van der Waals surface area contributed by atoms with Gasteiger partial charge in [-0.2, -0.15) is 0 Å². The summed E-state index contributed by atoms with van der Waals surface area (Å²) in [6.07, 6.45) is 18.1. The Morgan fingerprint density at radius 2 is 0.848 bits per heavy atom. The first-order chi connectivity index (χ1) is 22.2. The van der Waals surface area contributed by atoms with E-state index in [1.165, 1.54) is 94.2 Å². The Labute approximate surface area is 301 Å². The molecular formula is C40H40GaNaO4. The van der Waals surface area contributed by atoms with Crippen LogP contribution in [0.5, 0.6) is 23.0 Å². The Bertz CT molecular complexity index is 1760. The third kappa shape index (κ3) is 5.35. The van der Waals surface area contributed by atoms with Crippen LogP contribution < -0.4 is 45.3 Å². The van der Waals surface area contributed by atoms with Crippen LogP contribution in [0.4, 0.5) is 0 Å². The van der Waals surface area contributed by atoms with Gasteiger partial charge in [0.15, 0.2) is 0 Å². The summed E-state index contributed by atoms with van der Waals surface area (Å²) < 4.78 is 20.9. The van der Waals surface area contributed by atoms with E-state index in [1.54, 1.807) is 6.07 Å². The summed E-state index contributed by atoms with van der Waals surface area (Å²) in [6.45, 7) is 0. The first-order valence-corrected chi connectivity index (χ1v) is 20.5. The monoisotopic (exact) mass is 676 g/mol. The molecule has 6 heteroatoms. The van der Waals surface area contributed by atoms with Crippen LogP contribution in [0.1, 0.15) is 95.9 Å². The molecule has 0 saturated heterocycles. The number of rotatable bonds is 3. The maximum absolute atomic E-state index is 13.8. The number of benzene rings is 4. The van der Waals surface area contributed by atoms with Gasteiger partial charge in [0.05, 0.1) is 0 Å². The van der Waals surface area contributed by atoms with Gasteiger partial charge in [-0.1, -0.05) is 0 Å². The van der Waals surface area contributed by atoms with E-state index in [4.69, 9.17) is 10.6 Å². The second-order valence-electron chi connectivity index (χ2n) is 13.8. The van der Waals surface area contributed by atoms with E-state index in [-0.39, 0.29) is 35.3 Å². The van der Waals surface area contributed by atoms with E-state index in [1.807, 2.05) is 0 Å². The molecule has 0 radical (unpaired) electrons. The first kappa shape index (κ1) is 31.0. The van der Waals surface area contributed by atoms with E-state index in [2.05, 4.69) is 42.5 Å². The molecule has 0 atom stereocenters. The number of hydrogen-bond acceptors (Lipinski definition) is 4. The molecule has 1 heterocycles. The normalized spacial score (nSPS) is 17.7. The van der Waals surface area contributed by atoms with Crippen molar-refractivity contribution in [3.8, 4) is 45.3 Å². The fourth-order valence-electron chi connectivity index (χ4n) is 9.00. The van der Waals surface area contributed by atoms with Crippen molar-refractivity contribution in [1.29, 1.82) is 0 Å². The molecule has 0 aromatic heterocycles. The number of hydrogen-bond donors (Lipinski definition) is 0. The molecule has 0 spiro atoms. The van der Waals surface area contributed by atoms with Gasteiger partial charge in [-0.25, -0.2) is 0 Å². The molecule has 4 aromatic rings. The van der Waals surface area contributed by atoms with Crippen LogP contribution in [0.3, 0.4) is 0 Å². The van der Waals surface area contributed by atoms with E-state index < -0.39 is 17.3 Å². The molecule has 4 aliphatic carbocycles. The van der Waals surface area contributed by atoms with E-state index >= 15 is 0 Å². The summed E-state index contributed by atoms with van der Waals surface area (Å²) in [5, 5.41) is 13.8. The zero-order valence-corrected chi connectivity index (χ0v) is 31.6. The van der Waals surface area contributed by atoms with E-state index in [9.17, 15) is 5.11 Å². The number of aryl methyl sites for hydroxylation is 4. The van der Waals surface area contributed by atoms with Crippen molar-refractivity contribution in [3.63, 3.8) is 0 Å². The van der Waals surface area contributed by atoms with Gasteiger partial charge >= 0.3 is 304 Å². The molecule has 228 valence electrons. The van der Waals surface area contributed by atoms with Crippen LogP contribution in [-0.2, 0) is 51.4 Å². The van der Waals surface area contributed by atoms with Gasteiger partial charge in [-0.3, -0.25) is 0 Å². The van der Waals surface area contributed by atoms with Crippen LogP contribution in [0.25, 0.3) is 22.3 Å². The van der Waals surface area contributed by atoms with Gasteiger partial charge in [0, 0.05) is 0 Å². The number of fused-ring (bicyclic) bond motifs is 9. The second-order valence-corrected chi connectivity index (χ2v) is 16.5. The predicted octanol–water partition coefficient (Wildman–Crippen LogP) is 5.45. The standard InChI is InChI=1S/2C20H22O2.Ga.Na/c2*21-17-11-9-13-5-1-3-7-15(13)19(17)20-16-8-4-2-6-14(16)10-12-18(20)22;;/h2*9-12,21-22H,1-8H2;;/q;;+3;+1/p-4. The third-order valence-corrected chi connectivity index (χ3v) is 14.0. The van der Waals surface area contributed by atoms with E-state index in [0.717, 1.165) is 92.6 Å². The fraction of sp³-hybridized carbons (Fsp3) is 0.400. The molecule has 0 amide bonds. The first-order valence-electron chi connectivity index (χ1n) is 17.5. The fourth-order valence-corrected chi connectivity index (χ4v) is 11.8. The quantitative estimate of drug-likeness (QED) is 0.271. The summed E-state index contributed by atoms with van der Waals surface area (Å²) in [5.41, 5.74) is 15.5. The predicted molar refractivity (Wildman–Crippen MR) is 177 cm³/mol.